The molecule has 0 radical (unpaired) electrons. The predicted octanol–water partition coefficient (Wildman–Crippen LogP) is 4.03. The van der Waals surface area contributed by atoms with Crippen molar-refractivity contribution in [1.82, 2.24) is 10.2 Å². The highest BCUT2D eigenvalue weighted by molar-refractivity contribution is 7.92. The Balaban J connectivity index is 1.71. The molecule has 3 aromatic rings. The molecule has 1 heterocycles. The third-order valence-corrected chi connectivity index (χ3v) is 5.33. The molecule has 0 bridgehead atoms. The van der Waals surface area contributed by atoms with Gasteiger partial charge in [-0.15, -0.1) is 10.2 Å². The number of hydrogen-bond acceptors (Lipinski definition) is 5. The molecule has 0 aliphatic heterocycles. The SMILES string of the molecule is CCc1ccc(Nc2ccc(NS(=O)(=O)c3ccc(F)c(C)c3)nn2)cc1. The van der Waals surface area contributed by atoms with Crippen molar-refractivity contribution < 1.29 is 12.8 Å². The van der Waals surface area contributed by atoms with Crippen molar-refractivity contribution >= 4 is 27.3 Å². The van der Waals surface area contributed by atoms with Crippen LogP contribution in [0.3, 0.4) is 0 Å². The molecule has 140 valence electrons. The zero-order valence-electron chi connectivity index (χ0n) is 14.9. The predicted molar refractivity (Wildman–Crippen MR) is 103 cm³/mol. The summed E-state index contributed by atoms with van der Waals surface area (Å²) in [6, 6.07) is 14.6. The molecule has 0 aliphatic rings. The van der Waals surface area contributed by atoms with Crippen LogP contribution in [0.5, 0.6) is 0 Å². The van der Waals surface area contributed by atoms with Gasteiger partial charge in [-0.2, -0.15) is 0 Å². The van der Waals surface area contributed by atoms with Crippen LogP contribution in [-0.4, -0.2) is 18.6 Å². The highest BCUT2D eigenvalue weighted by Gasteiger charge is 2.16. The van der Waals surface area contributed by atoms with E-state index in [4.69, 9.17) is 0 Å². The van der Waals surface area contributed by atoms with Gasteiger partial charge < -0.3 is 5.32 Å². The number of halogens is 1. The number of aromatic nitrogens is 2. The van der Waals surface area contributed by atoms with Crippen molar-refractivity contribution in [3.8, 4) is 0 Å². The van der Waals surface area contributed by atoms with Gasteiger partial charge in [-0.1, -0.05) is 19.1 Å². The summed E-state index contributed by atoms with van der Waals surface area (Å²) in [5.41, 5.74) is 2.33. The maximum absolute atomic E-state index is 13.3. The standard InChI is InChI=1S/C19H19FN4O2S/c1-3-14-4-6-15(7-5-14)21-18-10-11-19(23-22-18)24-27(25,26)16-8-9-17(20)13(2)12-16/h4-12H,3H2,1-2H3,(H,21,22)(H,23,24). The van der Waals surface area contributed by atoms with Gasteiger partial charge in [0.05, 0.1) is 4.90 Å². The first-order valence-electron chi connectivity index (χ1n) is 8.36. The lowest BCUT2D eigenvalue weighted by Crippen LogP contribution is -2.14. The van der Waals surface area contributed by atoms with Crippen LogP contribution in [-0.2, 0) is 16.4 Å². The van der Waals surface area contributed by atoms with E-state index < -0.39 is 15.8 Å². The summed E-state index contributed by atoms with van der Waals surface area (Å²) < 4.78 is 40.4. The van der Waals surface area contributed by atoms with Crippen LogP contribution >= 0.6 is 0 Å². The molecule has 1 aromatic heterocycles. The van der Waals surface area contributed by atoms with Crippen molar-refractivity contribution in [1.29, 1.82) is 0 Å². The van der Waals surface area contributed by atoms with E-state index in [-0.39, 0.29) is 16.3 Å². The number of sulfonamides is 1. The fraction of sp³-hybridized carbons (Fsp3) is 0.158. The molecule has 6 nitrogen and oxygen atoms in total. The van der Waals surface area contributed by atoms with Gasteiger partial charge in [0.1, 0.15) is 5.82 Å². The van der Waals surface area contributed by atoms with Crippen LogP contribution in [0, 0.1) is 12.7 Å². The first-order chi connectivity index (χ1) is 12.9. The lowest BCUT2D eigenvalue weighted by atomic mass is 10.1. The second-order valence-corrected chi connectivity index (χ2v) is 7.68. The highest BCUT2D eigenvalue weighted by Crippen LogP contribution is 2.19. The topological polar surface area (TPSA) is 84.0 Å². The number of rotatable bonds is 6. The summed E-state index contributed by atoms with van der Waals surface area (Å²) in [6.45, 7) is 3.59. The number of hydrogen-bond donors (Lipinski definition) is 2. The average molecular weight is 386 g/mol. The van der Waals surface area contributed by atoms with Gasteiger partial charge >= 0.3 is 0 Å². The smallest absolute Gasteiger partial charge is 0.263 e. The summed E-state index contributed by atoms with van der Waals surface area (Å²) in [7, 11) is -3.87. The molecule has 0 unspecified atom stereocenters. The van der Waals surface area contributed by atoms with Crippen molar-refractivity contribution in [2.75, 3.05) is 10.0 Å². The molecular formula is C19H19FN4O2S. The van der Waals surface area contributed by atoms with E-state index in [0.717, 1.165) is 18.2 Å². The molecule has 0 saturated carbocycles. The fourth-order valence-corrected chi connectivity index (χ4v) is 3.49. The normalized spacial score (nSPS) is 11.2. The van der Waals surface area contributed by atoms with E-state index in [2.05, 4.69) is 27.2 Å². The Labute approximate surface area is 157 Å². The summed E-state index contributed by atoms with van der Waals surface area (Å²) in [4.78, 5) is -0.0404. The Hall–Kier alpha value is -3.00. The Morgan fingerprint density at radius 2 is 1.63 bits per heavy atom. The largest absolute Gasteiger partial charge is 0.339 e. The number of aryl methyl sites for hydroxylation is 2. The van der Waals surface area contributed by atoms with E-state index in [1.165, 1.54) is 30.7 Å². The third kappa shape index (κ3) is 4.59. The Morgan fingerprint density at radius 1 is 0.963 bits per heavy atom. The van der Waals surface area contributed by atoms with E-state index in [1.807, 2.05) is 24.3 Å². The minimum absolute atomic E-state index is 0.0404. The van der Waals surface area contributed by atoms with Gasteiger partial charge in [-0.3, -0.25) is 4.72 Å². The number of nitrogens with zero attached hydrogens (tertiary/aromatic N) is 2. The molecule has 3 rings (SSSR count). The van der Waals surface area contributed by atoms with Crippen LogP contribution in [0.4, 0.5) is 21.7 Å². The molecule has 27 heavy (non-hydrogen) atoms. The van der Waals surface area contributed by atoms with Gasteiger partial charge in [0.2, 0.25) is 0 Å². The Bertz CT molecular complexity index is 1040. The molecule has 0 amide bonds. The maximum Gasteiger partial charge on any atom is 0.263 e. The molecule has 2 N–H and O–H groups in total. The van der Waals surface area contributed by atoms with Crippen molar-refractivity contribution in [2.24, 2.45) is 0 Å². The number of benzene rings is 2. The molecular weight excluding hydrogens is 367 g/mol. The van der Waals surface area contributed by atoms with E-state index >= 15 is 0 Å². The van der Waals surface area contributed by atoms with Crippen LogP contribution in [0.1, 0.15) is 18.1 Å². The molecule has 0 aliphatic carbocycles. The summed E-state index contributed by atoms with van der Waals surface area (Å²) in [5.74, 6) is 0.0971. The molecule has 8 heteroatoms. The zero-order chi connectivity index (χ0) is 19.4. The Kier molecular flexibility index (Phi) is 5.36. The van der Waals surface area contributed by atoms with Gasteiger partial charge in [0, 0.05) is 5.69 Å². The first kappa shape index (κ1) is 18.8. The van der Waals surface area contributed by atoms with Crippen LogP contribution < -0.4 is 10.0 Å². The maximum atomic E-state index is 13.3. The van der Waals surface area contributed by atoms with Gasteiger partial charge in [-0.25, -0.2) is 12.8 Å². The molecule has 2 aromatic carbocycles. The van der Waals surface area contributed by atoms with Crippen LogP contribution in [0.15, 0.2) is 59.5 Å². The summed E-state index contributed by atoms with van der Waals surface area (Å²) in [5, 5.41) is 11.0. The van der Waals surface area contributed by atoms with E-state index in [0.29, 0.717) is 5.82 Å². The highest BCUT2D eigenvalue weighted by atomic mass is 32.2. The molecule has 0 atom stereocenters. The minimum atomic E-state index is -3.87. The number of nitrogens with one attached hydrogen (secondary N) is 2. The first-order valence-corrected chi connectivity index (χ1v) is 9.84. The number of anilines is 3. The molecule has 0 spiro atoms. The molecule has 0 saturated heterocycles. The fourth-order valence-electron chi connectivity index (χ4n) is 2.41. The summed E-state index contributed by atoms with van der Waals surface area (Å²) in [6.07, 6.45) is 0.961. The second kappa shape index (κ2) is 7.71. The molecule has 0 fully saturated rings. The lowest BCUT2D eigenvalue weighted by molar-refractivity contribution is 0.598. The monoisotopic (exact) mass is 386 g/mol. The lowest BCUT2D eigenvalue weighted by Gasteiger charge is -2.09. The van der Waals surface area contributed by atoms with Gasteiger partial charge in [-0.05, 0) is 66.9 Å². The minimum Gasteiger partial charge on any atom is -0.339 e. The van der Waals surface area contributed by atoms with Gasteiger partial charge in [0.25, 0.3) is 10.0 Å². The second-order valence-electron chi connectivity index (χ2n) is 6.00. The van der Waals surface area contributed by atoms with E-state index in [9.17, 15) is 12.8 Å². The third-order valence-electron chi connectivity index (χ3n) is 3.98. The van der Waals surface area contributed by atoms with Crippen molar-refractivity contribution in [2.45, 2.75) is 25.2 Å². The quantitative estimate of drug-likeness (QED) is 0.668. The van der Waals surface area contributed by atoms with Crippen molar-refractivity contribution in [3.05, 3.63) is 71.5 Å². The average Bonchev–Trinajstić information content (AvgIpc) is 2.66. The van der Waals surface area contributed by atoms with Crippen molar-refractivity contribution in [3.63, 3.8) is 0 Å². The van der Waals surface area contributed by atoms with Crippen LogP contribution in [0.25, 0.3) is 0 Å². The van der Waals surface area contributed by atoms with Crippen LogP contribution in [0.2, 0.25) is 0 Å². The zero-order valence-corrected chi connectivity index (χ0v) is 15.7. The summed E-state index contributed by atoms with van der Waals surface area (Å²) >= 11 is 0. The Morgan fingerprint density at radius 3 is 2.22 bits per heavy atom. The van der Waals surface area contributed by atoms with Gasteiger partial charge in [0.15, 0.2) is 11.6 Å². The van der Waals surface area contributed by atoms with E-state index in [1.54, 1.807) is 6.07 Å².